The van der Waals surface area contributed by atoms with Gasteiger partial charge < -0.3 is 0 Å². The highest BCUT2D eigenvalue weighted by Gasteiger charge is 2.32. The average molecular weight is 539 g/mol. The molecule has 0 spiro atoms. The highest BCUT2D eigenvalue weighted by Crippen LogP contribution is 2.34. The Morgan fingerprint density at radius 2 is 1.68 bits per heavy atom. The Bertz CT molecular complexity index is 1640. The molecule has 0 saturated heterocycles. The number of benzene rings is 2. The van der Waals surface area contributed by atoms with E-state index < -0.39 is 23.3 Å². The zero-order valence-corrected chi connectivity index (χ0v) is 19.9. The van der Waals surface area contributed by atoms with E-state index in [9.17, 15) is 22.4 Å². The Morgan fingerprint density at radius 1 is 0.947 bits per heavy atom. The number of halogens is 5. The molecule has 5 aromatic rings. The number of hydrogen-bond donors (Lipinski definition) is 0. The first-order valence-electron chi connectivity index (χ1n) is 11.0. The summed E-state index contributed by atoms with van der Waals surface area (Å²) in [6.45, 7) is -0.265. The van der Waals surface area contributed by atoms with Gasteiger partial charge >= 0.3 is 6.18 Å². The fourth-order valence-corrected chi connectivity index (χ4v) is 4.16. The van der Waals surface area contributed by atoms with E-state index in [0.717, 1.165) is 12.1 Å². The van der Waals surface area contributed by atoms with Gasteiger partial charge in [0.25, 0.3) is 0 Å². The second-order valence-electron chi connectivity index (χ2n) is 8.13. The molecule has 0 unspecified atom stereocenters. The number of pyridine rings is 1. The molecule has 0 N–H and O–H groups in total. The molecule has 5 rings (SSSR count). The normalized spacial score (nSPS) is 11.5. The van der Waals surface area contributed by atoms with Crippen LogP contribution >= 0.6 is 11.6 Å². The Kier molecular flexibility index (Phi) is 6.68. The summed E-state index contributed by atoms with van der Waals surface area (Å²) < 4.78 is 55.2. The fraction of sp³-hybridized carbons (Fsp3) is 0.0769. The van der Waals surface area contributed by atoms with Gasteiger partial charge in [0.2, 0.25) is 0 Å². The summed E-state index contributed by atoms with van der Waals surface area (Å²) in [6.07, 6.45) is 0.939. The van der Waals surface area contributed by atoms with Crippen molar-refractivity contribution < 1.29 is 22.4 Å². The quantitative estimate of drug-likeness (QED) is 0.198. The molecular weight excluding hydrogens is 524 g/mol. The fourth-order valence-electron chi connectivity index (χ4n) is 3.94. The molecule has 12 heteroatoms. The van der Waals surface area contributed by atoms with E-state index >= 15 is 0 Å². The van der Waals surface area contributed by atoms with E-state index in [2.05, 4.69) is 25.3 Å². The van der Waals surface area contributed by atoms with E-state index in [-0.39, 0.29) is 45.3 Å². The molecule has 7 nitrogen and oxygen atoms in total. The third-order valence-corrected chi connectivity index (χ3v) is 5.91. The molecular formula is C26H15ClF4N6O. The van der Waals surface area contributed by atoms with Gasteiger partial charge in [-0.3, -0.25) is 9.78 Å². The Hall–Kier alpha value is -4.51. The number of carbonyl (C=O) groups is 1. The van der Waals surface area contributed by atoms with Crippen LogP contribution in [0.1, 0.15) is 27.0 Å². The van der Waals surface area contributed by atoms with Gasteiger partial charge in [-0.2, -0.15) is 13.2 Å². The van der Waals surface area contributed by atoms with E-state index in [0.29, 0.717) is 11.6 Å². The minimum Gasteiger partial charge on any atom is -0.288 e. The van der Waals surface area contributed by atoms with Crippen LogP contribution in [-0.4, -0.2) is 35.7 Å². The number of ketones is 1. The highest BCUT2D eigenvalue weighted by atomic mass is 35.5. The molecule has 0 saturated carbocycles. The first-order chi connectivity index (χ1) is 18.2. The SMILES string of the molecule is O=C(c1ccccc1Cl)c1cccnc1-c1nnn(Cc2cc(F)cc(C(F)(F)F)c2)c1-c1cncnc1. The maximum atomic E-state index is 14.1. The van der Waals surface area contributed by atoms with Gasteiger partial charge in [0.15, 0.2) is 5.78 Å². The summed E-state index contributed by atoms with van der Waals surface area (Å²) in [4.78, 5) is 25.8. The first kappa shape index (κ1) is 25.2. The number of alkyl halides is 3. The van der Waals surface area contributed by atoms with Crippen LogP contribution in [0.25, 0.3) is 22.6 Å². The molecule has 0 bridgehead atoms. The van der Waals surface area contributed by atoms with Gasteiger partial charge in [-0.05, 0) is 48.0 Å². The van der Waals surface area contributed by atoms with Crippen molar-refractivity contribution >= 4 is 17.4 Å². The second-order valence-corrected chi connectivity index (χ2v) is 8.53. The summed E-state index contributed by atoms with van der Waals surface area (Å²) in [7, 11) is 0. The van der Waals surface area contributed by atoms with Crippen LogP contribution in [0.4, 0.5) is 17.6 Å². The van der Waals surface area contributed by atoms with Crippen molar-refractivity contribution in [2.45, 2.75) is 12.7 Å². The second kappa shape index (κ2) is 10.1. The predicted molar refractivity (Wildman–Crippen MR) is 130 cm³/mol. The van der Waals surface area contributed by atoms with Crippen LogP contribution in [0.5, 0.6) is 0 Å². The van der Waals surface area contributed by atoms with E-state index in [1.807, 2.05) is 0 Å². The van der Waals surface area contributed by atoms with Crippen molar-refractivity contribution in [1.29, 1.82) is 0 Å². The Morgan fingerprint density at radius 3 is 2.42 bits per heavy atom. The summed E-state index contributed by atoms with van der Waals surface area (Å²) in [5.74, 6) is -1.46. The van der Waals surface area contributed by atoms with Crippen LogP contribution in [0.15, 0.2) is 79.5 Å². The van der Waals surface area contributed by atoms with Crippen LogP contribution in [0, 0.1) is 5.82 Å². The smallest absolute Gasteiger partial charge is 0.288 e. The zero-order chi connectivity index (χ0) is 26.9. The maximum absolute atomic E-state index is 14.1. The minimum atomic E-state index is -4.73. The molecule has 0 atom stereocenters. The maximum Gasteiger partial charge on any atom is 0.416 e. The molecule has 38 heavy (non-hydrogen) atoms. The molecule has 0 aliphatic rings. The summed E-state index contributed by atoms with van der Waals surface area (Å²) >= 11 is 6.25. The monoisotopic (exact) mass is 538 g/mol. The predicted octanol–water partition coefficient (Wildman–Crippen LogP) is 5.89. The van der Waals surface area contributed by atoms with E-state index in [1.54, 1.807) is 36.4 Å². The van der Waals surface area contributed by atoms with Gasteiger partial charge in [0, 0.05) is 29.7 Å². The van der Waals surface area contributed by atoms with Gasteiger partial charge in [-0.1, -0.05) is 28.9 Å². The van der Waals surface area contributed by atoms with Crippen LogP contribution in [-0.2, 0) is 12.7 Å². The molecule has 0 fully saturated rings. The van der Waals surface area contributed by atoms with Crippen molar-refractivity contribution in [2.75, 3.05) is 0 Å². The lowest BCUT2D eigenvalue weighted by molar-refractivity contribution is -0.137. The van der Waals surface area contributed by atoms with Crippen molar-refractivity contribution in [1.82, 2.24) is 29.9 Å². The molecule has 0 aliphatic heterocycles. The molecule has 3 heterocycles. The van der Waals surface area contributed by atoms with Crippen LogP contribution in [0.3, 0.4) is 0 Å². The lowest BCUT2D eigenvalue weighted by Gasteiger charge is -2.12. The Balaban J connectivity index is 1.65. The number of carbonyl (C=O) groups excluding carboxylic acids is 1. The minimum absolute atomic E-state index is 0.000243. The van der Waals surface area contributed by atoms with Crippen molar-refractivity contribution in [3.05, 3.63) is 113 Å². The number of nitrogens with zero attached hydrogens (tertiary/aromatic N) is 6. The van der Waals surface area contributed by atoms with Crippen LogP contribution < -0.4 is 0 Å². The van der Waals surface area contributed by atoms with E-state index in [1.165, 1.54) is 29.6 Å². The topological polar surface area (TPSA) is 86.5 Å². The number of aromatic nitrogens is 6. The highest BCUT2D eigenvalue weighted by molar-refractivity contribution is 6.35. The lowest BCUT2D eigenvalue weighted by atomic mass is 9.99. The van der Waals surface area contributed by atoms with Crippen molar-refractivity contribution in [2.24, 2.45) is 0 Å². The van der Waals surface area contributed by atoms with Gasteiger partial charge in [-0.15, -0.1) is 5.10 Å². The van der Waals surface area contributed by atoms with Crippen LogP contribution in [0.2, 0.25) is 5.02 Å². The Labute approximate surface area is 217 Å². The third-order valence-electron chi connectivity index (χ3n) is 5.58. The average Bonchev–Trinajstić information content (AvgIpc) is 3.31. The molecule has 3 aromatic heterocycles. The van der Waals surface area contributed by atoms with Crippen molar-refractivity contribution in [3.8, 4) is 22.6 Å². The number of rotatable bonds is 6. The molecule has 0 aliphatic carbocycles. The summed E-state index contributed by atoms with van der Waals surface area (Å²) in [6, 6.07) is 11.9. The third kappa shape index (κ3) is 5.00. The van der Waals surface area contributed by atoms with E-state index in [4.69, 9.17) is 11.6 Å². The summed E-state index contributed by atoms with van der Waals surface area (Å²) in [5, 5.41) is 8.56. The zero-order valence-electron chi connectivity index (χ0n) is 19.2. The number of hydrogen-bond acceptors (Lipinski definition) is 6. The van der Waals surface area contributed by atoms with Gasteiger partial charge in [0.05, 0.1) is 22.7 Å². The van der Waals surface area contributed by atoms with Crippen molar-refractivity contribution in [3.63, 3.8) is 0 Å². The largest absolute Gasteiger partial charge is 0.416 e. The first-order valence-corrected chi connectivity index (χ1v) is 11.4. The van der Waals surface area contributed by atoms with Gasteiger partial charge in [-0.25, -0.2) is 19.0 Å². The lowest BCUT2D eigenvalue weighted by Crippen LogP contribution is -2.10. The molecule has 190 valence electrons. The molecule has 0 radical (unpaired) electrons. The standard InChI is InChI=1S/C26H15ClF4N6O/c27-21-6-2-1-4-19(21)25(38)20-5-3-7-34-22(20)23-24(16-11-32-14-33-12-16)37(36-35-23)13-15-8-17(26(29,30)31)10-18(28)9-15/h1-12,14H,13H2. The summed E-state index contributed by atoms with van der Waals surface area (Å²) in [5.41, 5.74) is 0.295. The molecule has 2 aromatic carbocycles. The van der Waals surface area contributed by atoms with Gasteiger partial charge in [0.1, 0.15) is 29.2 Å². The molecule has 0 amide bonds.